The fourth-order valence-corrected chi connectivity index (χ4v) is 3.75. The van der Waals surface area contributed by atoms with E-state index >= 15 is 0 Å². The topological polar surface area (TPSA) is 146 Å². The highest BCUT2D eigenvalue weighted by molar-refractivity contribution is 6.27. The Morgan fingerprint density at radius 1 is 0.971 bits per heavy atom. The molecule has 2 aromatic carbocycles. The summed E-state index contributed by atoms with van der Waals surface area (Å²) >= 11 is 0. The molecule has 1 heterocycles. The Kier molecular flexibility index (Phi) is 10.8. The zero-order chi connectivity index (χ0) is 25.8. The number of phenols is 1. The van der Waals surface area contributed by atoms with Crippen LogP contribution in [0.2, 0.25) is 0 Å². The minimum atomic E-state index is -1.82. The molecule has 10 nitrogen and oxygen atoms in total. The molecule has 0 atom stereocenters. The van der Waals surface area contributed by atoms with Crippen molar-refractivity contribution in [1.29, 1.82) is 0 Å². The number of piperidine rings is 1. The highest BCUT2D eigenvalue weighted by Gasteiger charge is 2.25. The lowest BCUT2D eigenvalue weighted by molar-refractivity contribution is -0.159. The molecule has 0 unspecified atom stereocenters. The number of amides is 1. The molecule has 1 fully saturated rings. The van der Waals surface area contributed by atoms with Crippen molar-refractivity contribution in [2.75, 3.05) is 33.9 Å². The summed E-state index contributed by atoms with van der Waals surface area (Å²) < 4.78 is 10.6. The second-order valence-corrected chi connectivity index (χ2v) is 8.02. The largest absolute Gasteiger partial charge is 0.508 e. The van der Waals surface area contributed by atoms with Crippen molar-refractivity contribution in [2.45, 2.75) is 25.8 Å². The molecular weight excluding hydrogens is 456 g/mol. The van der Waals surface area contributed by atoms with Gasteiger partial charge in [0, 0.05) is 24.6 Å². The van der Waals surface area contributed by atoms with E-state index in [1.807, 2.05) is 36.4 Å². The van der Waals surface area contributed by atoms with E-state index in [0.717, 1.165) is 50.0 Å². The number of carbonyl (C=O) groups is 3. The molecule has 0 saturated carbocycles. The molecule has 0 radical (unpaired) electrons. The SMILES string of the molecule is COc1ccc(CCNC(=O)C2CCN(Cc3ccccc3O)CC2)cc1OC.O=C(O)C(=O)O. The van der Waals surface area contributed by atoms with Gasteiger partial charge in [-0.05, 0) is 56.1 Å². The first-order valence-corrected chi connectivity index (χ1v) is 11.2. The summed E-state index contributed by atoms with van der Waals surface area (Å²) in [6, 6.07) is 13.3. The fourth-order valence-electron chi connectivity index (χ4n) is 3.75. The normalized spacial score (nSPS) is 13.8. The van der Waals surface area contributed by atoms with Crippen LogP contribution in [0, 0.1) is 5.92 Å². The number of likely N-dealkylation sites (tertiary alicyclic amines) is 1. The van der Waals surface area contributed by atoms with Crippen LogP contribution in [0.3, 0.4) is 0 Å². The van der Waals surface area contributed by atoms with Crippen molar-refractivity contribution in [3.63, 3.8) is 0 Å². The van der Waals surface area contributed by atoms with Gasteiger partial charge in [0.25, 0.3) is 0 Å². The van der Waals surface area contributed by atoms with Crippen LogP contribution in [0.25, 0.3) is 0 Å². The number of aromatic hydroxyl groups is 1. The molecule has 1 amide bonds. The number of aliphatic carboxylic acids is 2. The maximum absolute atomic E-state index is 12.5. The molecule has 190 valence electrons. The Balaban J connectivity index is 0.000000641. The first-order chi connectivity index (χ1) is 16.7. The summed E-state index contributed by atoms with van der Waals surface area (Å²) in [5.41, 5.74) is 2.03. The van der Waals surface area contributed by atoms with Crippen molar-refractivity contribution >= 4 is 17.8 Å². The van der Waals surface area contributed by atoms with Crippen LogP contribution < -0.4 is 14.8 Å². The Bertz CT molecular complexity index is 991. The summed E-state index contributed by atoms with van der Waals surface area (Å²) in [7, 11) is 3.24. The second-order valence-electron chi connectivity index (χ2n) is 8.02. The predicted molar refractivity (Wildman–Crippen MR) is 128 cm³/mol. The van der Waals surface area contributed by atoms with Gasteiger partial charge in [-0.2, -0.15) is 0 Å². The lowest BCUT2D eigenvalue weighted by atomic mass is 9.95. The molecule has 0 bridgehead atoms. The van der Waals surface area contributed by atoms with Crippen molar-refractivity contribution in [3.05, 3.63) is 53.6 Å². The van der Waals surface area contributed by atoms with Crippen molar-refractivity contribution < 1.29 is 39.2 Å². The van der Waals surface area contributed by atoms with E-state index in [-0.39, 0.29) is 11.8 Å². The van der Waals surface area contributed by atoms with Crippen LogP contribution in [-0.2, 0) is 27.3 Å². The van der Waals surface area contributed by atoms with Gasteiger partial charge in [0.15, 0.2) is 11.5 Å². The average molecular weight is 489 g/mol. The number of hydrogen-bond donors (Lipinski definition) is 4. The standard InChI is InChI=1S/C23H30N2O4.C2H2O4/c1-28-21-8-7-17(15-22(21)29-2)9-12-24-23(27)18-10-13-25(14-11-18)16-19-5-3-4-6-20(19)26;3-1(4)2(5)6/h3-8,15,18,26H,9-14,16H2,1-2H3,(H,24,27);(H,3,4)(H,5,6). The molecule has 2 aromatic rings. The number of methoxy groups -OCH3 is 2. The van der Waals surface area contributed by atoms with E-state index in [2.05, 4.69) is 10.2 Å². The lowest BCUT2D eigenvalue weighted by Gasteiger charge is -2.31. The van der Waals surface area contributed by atoms with E-state index < -0.39 is 11.9 Å². The number of rotatable bonds is 8. The van der Waals surface area contributed by atoms with Gasteiger partial charge in [-0.15, -0.1) is 0 Å². The predicted octanol–water partition coefficient (Wildman–Crippen LogP) is 2.14. The molecule has 10 heteroatoms. The van der Waals surface area contributed by atoms with Gasteiger partial charge in [-0.25, -0.2) is 9.59 Å². The van der Waals surface area contributed by atoms with Crippen LogP contribution >= 0.6 is 0 Å². The third kappa shape index (κ3) is 8.82. The van der Waals surface area contributed by atoms with Crippen LogP contribution in [0.1, 0.15) is 24.0 Å². The first-order valence-electron chi connectivity index (χ1n) is 11.2. The van der Waals surface area contributed by atoms with Gasteiger partial charge in [-0.1, -0.05) is 24.3 Å². The van der Waals surface area contributed by atoms with E-state index in [0.29, 0.717) is 23.8 Å². The summed E-state index contributed by atoms with van der Waals surface area (Å²) in [4.78, 5) is 33.0. The quantitative estimate of drug-likeness (QED) is 0.411. The number of nitrogens with one attached hydrogen (secondary N) is 1. The third-order valence-corrected chi connectivity index (χ3v) is 5.69. The highest BCUT2D eigenvalue weighted by atomic mass is 16.5. The molecule has 0 spiro atoms. The summed E-state index contributed by atoms with van der Waals surface area (Å²) in [5.74, 6) is -1.72. The van der Waals surface area contributed by atoms with E-state index in [4.69, 9.17) is 29.3 Å². The van der Waals surface area contributed by atoms with Gasteiger partial charge in [0.2, 0.25) is 5.91 Å². The molecule has 1 aliphatic heterocycles. The number of ether oxygens (including phenoxy) is 2. The third-order valence-electron chi connectivity index (χ3n) is 5.69. The zero-order valence-corrected chi connectivity index (χ0v) is 19.9. The maximum Gasteiger partial charge on any atom is 0.414 e. The van der Waals surface area contributed by atoms with Crippen LogP contribution in [0.5, 0.6) is 17.2 Å². The lowest BCUT2D eigenvalue weighted by Crippen LogP contribution is -2.40. The van der Waals surface area contributed by atoms with Crippen molar-refractivity contribution in [3.8, 4) is 17.2 Å². The number of hydrogen-bond acceptors (Lipinski definition) is 7. The highest BCUT2D eigenvalue weighted by Crippen LogP contribution is 2.27. The number of carboxylic acid groups (broad SMARTS) is 2. The zero-order valence-electron chi connectivity index (χ0n) is 19.9. The van der Waals surface area contributed by atoms with Crippen LogP contribution in [-0.4, -0.2) is 71.9 Å². The molecule has 1 saturated heterocycles. The Hall–Kier alpha value is -3.79. The summed E-state index contributed by atoms with van der Waals surface area (Å²) in [6.07, 6.45) is 2.43. The smallest absolute Gasteiger partial charge is 0.414 e. The number of nitrogens with zero attached hydrogens (tertiary/aromatic N) is 1. The van der Waals surface area contributed by atoms with Crippen molar-refractivity contribution in [2.24, 2.45) is 5.92 Å². The van der Waals surface area contributed by atoms with Gasteiger partial charge < -0.3 is 30.1 Å². The molecule has 0 aliphatic carbocycles. The monoisotopic (exact) mass is 488 g/mol. The van der Waals surface area contributed by atoms with Gasteiger partial charge in [0.1, 0.15) is 5.75 Å². The number of carboxylic acids is 2. The van der Waals surface area contributed by atoms with E-state index in [9.17, 15) is 9.90 Å². The average Bonchev–Trinajstić information content (AvgIpc) is 2.86. The van der Waals surface area contributed by atoms with Gasteiger partial charge in [-0.3, -0.25) is 9.69 Å². The molecule has 35 heavy (non-hydrogen) atoms. The fraction of sp³-hybridized carbons (Fsp3) is 0.400. The molecule has 3 rings (SSSR count). The minimum Gasteiger partial charge on any atom is -0.508 e. The molecule has 1 aliphatic rings. The van der Waals surface area contributed by atoms with Crippen LogP contribution in [0.15, 0.2) is 42.5 Å². The summed E-state index contributed by atoms with van der Waals surface area (Å²) in [5, 5.41) is 27.8. The Labute approximate surface area is 204 Å². The van der Waals surface area contributed by atoms with Gasteiger partial charge in [0.05, 0.1) is 14.2 Å². The summed E-state index contributed by atoms with van der Waals surface area (Å²) in [6.45, 7) is 3.05. The maximum atomic E-state index is 12.5. The number of benzene rings is 2. The molecule has 0 aromatic heterocycles. The number of carbonyl (C=O) groups excluding carboxylic acids is 1. The molecule has 4 N–H and O–H groups in total. The van der Waals surface area contributed by atoms with E-state index in [1.54, 1.807) is 20.3 Å². The Morgan fingerprint density at radius 2 is 1.60 bits per heavy atom. The van der Waals surface area contributed by atoms with Crippen molar-refractivity contribution in [1.82, 2.24) is 10.2 Å². The second kappa shape index (κ2) is 13.8. The first kappa shape index (κ1) is 27.5. The van der Waals surface area contributed by atoms with E-state index in [1.165, 1.54) is 0 Å². The number of phenolic OH excluding ortho intramolecular Hbond substituents is 1. The number of para-hydroxylation sites is 1. The van der Waals surface area contributed by atoms with Gasteiger partial charge >= 0.3 is 11.9 Å². The molecular formula is C25H32N2O8. The minimum absolute atomic E-state index is 0.0565. The van der Waals surface area contributed by atoms with Crippen LogP contribution in [0.4, 0.5) is 0 Å². The Morgan fingerprint density at radius 3 is 2.17 bits per heavy atom.